The van der Waals surface area contributed by atoms with Gasteiger partial charge in [0.05, 0.1) is 6.61 Å². The van der Waals surface area contributed by atoms with E-state index >= 15 is 0 Å². The molecule has 3 aromatic heterocycles. The van der Waals surface area contributed by atoms with Gasteiger partial charge in [-0.15, -0.1) is 10.2 Å². The predicted octanol–water partition coefficient (Wildman–Crippen LogP) is 4.52. The van der Waals surface area contributed by atoms with Crippen molar-refractivity contribution in [1.82, 2.24) is 24.5 Å². The van der Waals surface area contributed by atoms with Crippen molar-refractivity contribution < 1.29 is 27.0 Å². The zero-order valence-corrected chi connectivity index (χ0v) is 21.2. The van der Waals surface area contributed by atoms with Crippen molar-refractivity contribution in [1.29, 1.82) is 0 Å². The third-order valence-corrected chi connectivity index (χ3v) is 6.63. The zero-order chi connectivity index (χ0) is 27.2. The number of nitrogens with two attached hydrogens (primary N) is 1. The molecule has 4 aromatic rings. The molecule has 2 unspecified atom stereocenters. The van der Waals surface area contributed by atoms with Gasteiger partial charge in [0.2, 0.25) is 0 Å². The molecule has 1 saturated heterocycles. The average Bonchev–Trinajstić information content (AvgIpc) is 3.40. The average molecular weight is 533 g/mol. The highest BCUT2D eigenvalue weighted by molar-refractivity contribution is 5.86. The first-order valence-corrected chi connectivity index (χ1v) is 12.2. The maximum Gasteiger partial charge on any atom is 0.408 e. The Morgan fingerprint density at radius 2 is 1.95 bits per heavy atom. The minimum absolute atomic E-state index is 0.0454. The number of nitrogens with zero attached hydrogens (tertiary/aromatic N) is 5. The summed E-state index contributed by atoms with van der Waals surface area (Å²) in [5.41, 5.74) is 6.58. The molecule has 1 fully saturated rings. The molecule has 0 bridgehead atoms. The quantitative estimate of drug-likeness (QED) is 0.350. The molecule has 2 N–H and O–H groups in total. The highest BCUT2D eigenvalue weighted by atomic mass is 19.4. The van der Waals surface area contributed by atoms with Gasteiger partial charge in [-0.3, -0.25) is 9.30 Å². The molecule has 1 aliphatic heterocycles. The molecule has 1 aromatic carbocycles. The molecule has 202 valence electrons. The van der Waals surface area contributed by atoms with E-state index in [0.717, 1.165) is 0 Å². The molecular formula is C26H28F4N6O2. The maximum absolute atomic E-state index is 14.3. The summed E-state index contributed by atoms with van der Waals surface area (Å²) in [6, 6.07) is 6.93. The summed E-state index contributed by atoms with van der Waals surface area (Å²) in [4.78, 5) is 6.00. The molecule has 1 aliphatic rings. The van der Waals surface area contributed by atoms with Crippen LogP contribution in [-0.4, -0.2) is 69.1 Å². The summed E-state index contributed by atoms with van der Waals surface area (Å²) in [6.07, 6.45) is -3.02. The lowest BCUT2D eigenvalue weighted by Crippen LogP contribution is -2.43. The number of halogens is 4. The van der Waals surface area contributed by atoms with E-state index in [0.29, 0.717) is 28.7 Å². The third-order valence-electron chi connectivity index (χ3n) is 6.63. The van der Waals surface area contributed by atoms with E-state index in [-0.39, 0.29) is 42.9 Å². The first-order valence-electron chi connectivity index (χ1n) is 12.2. The summed E-state index contributed by atoms with van der Waals surface area (Å²) < 4.78 is 69.5. The summed E-state index contributed by atoms with van der Waals surface area (Å²) in [7, 11) is 1.53. The van der Waals surface area contributed by atoms with Gasteiger partial charge in [-0.05, 0) is 44.0 Å². The zero-order valence-electron chi connectivity index (χ0n) is 21.2. The monoisotopic (exact) mass is 532 g/mol. The standard InChI is InChI=1S/C26H28F4N6O2/c1-15(13-37-3)38-20-11-18(27)10-16-4-6-19(32-22(16)20)24-34-33-21-7-5-17(12-36(21)24)23(26(28,29)30)35-9-8-25(2,31)14-35/h4-7,10-12,15,23H,8-9,13-14,31H2,1-3H3/t15?,23-,25?/m0/s1. The van der Waals surface area contributed by atoms with Crippen LogP contribution in [0.25, 0.3) is 28.1 Å². The molecule has 3 atom stereocenters. The number of alkyl halides is 3. The van der Waals surface area contributed by atoms with E-state index in [2.05, 4.69) is 15.2 Å². The highest BCUT2D eigenvalue weighted by Gasteiger charge is 2.48. The molecule has 0 radical (unpaired) electrons. The second kappa shape index (κ2) is 9.75. The van der Waals surface area contributed by atoms with Gasteiger partial charge in [0.1, 0.15) is 34.9 Å². The van der Waals surface area contributed by atoms with Crippen LogP contribution < -0.4 is 10.5 Å². The van der Waals surface area contributed by atoms with Crippen LogP contribution in [0.1, 0.15) is 31.9 Å². The van der Waals surface area contributed by atoms with E-state index in [1.165, 1.54) is 46.9 Å². The number of rotatable bonds is 7. The minimum Gasteiger partial charge on any atom is -0.486 e. The summed E-state index contributed by atoms with van der Waals surface area (Å²) >= 11 is 0. The molecule has 8 nitrogen and oxygen atoms in total. The van der Waals surface area contributed by atoms with Crippen molar-refractivity contribution in [3.63, 3.8) is 0 Å². The van der Waals surface area contributed by atoms with Crippen LogP contribution >= 0.6 is 0 Å². The fourth-order valence-electron chi connectivity index (χ4n) is 4.96. The van der Waals surface area contributed by atoms with Crippen LogP contribution in [0, 0.1) is 5.82 Å². The Labute approximate surface area is 216 Å². The SMILES string of the molecule is COCC(C)Oc1cc(F)cc2ccc(-c3nnc4ccc([C@H](N5CCC(C)(N)C5)C(F)(F)F)cn34)nc12. The van der Waals surface area contributed by atoms with Gasteiger partial charge in [0.15, 0.2) is 11.5 Å². The van der Waals surface area contributed by atoms with E-state index in [9.17, 15) is 17.6 Å². The second-order valence-corrected chi connectivity index (χ2v) is 10.1. The lowest BCUT2D eigenvalue weighted by atomic mass is 10.0. The molecule has 0 spiro atoms. The summed E-state index contributed by atoms with van der Waals surface area (Å²) in [5.74, 6) is -0.0233. The first-order chi connectivity index (χ1) is 17.9. The lowest BCUT2D eigenvalue weighted by Gasteiger charge is -2.31. The first kappa shape index (κ1) is 26.3. The summed E-state index contributed by atoms with van der Waals surface area (Å²) in [6.45, 7) is 4.18. The molecule has 38 heavy (non-hydrogen) atoms. The smallest absolute Gasteiger partial charge is 0.408 e. The minimum atomic E-state index is -4.52. The number of hydrogen-bond donors (Lipinski definition) is 1. The van der Waals surface area contributed by atoms with Gasteiger partial charge in [-0.1, -0.05) is 12.1 Å². The normalized spacial score (nSPS) is 20.3. The Morgan fingerprint density at radius 3 is 2.63 bits per heavy atom. The third kappa shape index (κ3) is 5.16. The van der Waals surface area contributed by atoms with Gasteiger partial charge in [0.25, 0.3) is 0 Å². The van der Waals surface area contributed by atoms with Crippen LogP contribution in [0.4, 0.5) is 17.6 Å². The molecule has 0 amide bonds. The van der Waals surface area contributed by atoms with E-state index in [1.54, 1.807) is 26.0 Å². The van der Waals surface area contributed by atoms with Gasteiger partial charge < -0.3 is 15.2 Å². The number of benzene rings is 1. The number of methoxy groups -OCH3 is 1. The van der Waals surface area contributed by atoms with Crippen molar-refractivity contribution in [3.8, 4) is 17.3 Å². The highest BCUT2D eigenvalue weighted by Crippen LogP contribution is 2.41. The van der Waals surface area contributed by atoms with Crippen LogP contribution in [0.15, 0.2) is 42.6 Å². The van der Waals surface area contributed by atoms with Gasteiger partial charge >= 0.3 is 6.18 Å². The molecule has 12 heteroatoms. The van der Waals surface area contributed by atoms with E-state index < -0.39 is 23.6 Å². The molecular weight excluding hydrogens is 504 g/mol. The summed E-state index contributed by atoms with van der Waals surface area (Å²) in [5, 5.41) is 8.81. The van der Waals surface area contributed by atoms with Crippen molar-refractivity contribution >= 4 is 16.6 Å². The van der Waals surface area contributed by atoms with Gasteiger partial charge in [0, 0.05) is 43.4 Å². The number of pyridine rings is 2. The number of ether oxygens (including phenoxy) is 2. The van der Waals surface area contributed by atoms with Crippen molar-refractivity contribution in [2.45, 2.75) is 44.1 Å². The van der Waals surface area contributed by atoms with Crippen LogP contribution in [-0.2, 0) is 4.74 Å². The van der Waals surface area contributed by atoms with E-state index in [4.69, 9.17) is 15.2 Å². The largest absolute Gasteiger partial charge is 0.486 e. The van der Waals surface area contributed by atoms with Gasteiger partial charge in [-0.2, -0.15) is 13.2 Å². The predicted molar refractivity (Wildman–Crippen MR) is 133 cm³/mol. The van der Waals surface area contributed by atoms with Crippen molar-refractivity contribution in [2.24, 2.45) is 5.73 Å². The topological polar surface area (TPSA) is 90.8 Å². The Hall–Kier alpha value is -3.35. The number of aromatic nitrogens is 4. The van der Waals surface area contributed by atoms with Crippen LogP contribution in [0.3, 0.4) is 0 Å². The second-order valence-electron chi connectivity index (χ2n) is 10.1. The Balaban J connectivity index is 1.58. The van der Waals surface area contributed by atoms with Crippen LogP contribution in [0.2, 0.25) is 0 Å². The molecule has 4 heterocycles. The Morgan fingerprint density at radius 1 is 1.16 bits per heavy atom. The molecule has 5 rings (SSSR count). The fraction of sp³-hybridized carbons (Fsp3) is 0.423. The fourth-order valence-corrected chi connectivity index (χ4v) is 4.96. The lowest BCUT2D eigenvalue weighted by molar-refractivity contribution is -0.184. The van der Waals surface area contributed by atoms with Gasteiger partial charge in [-0.25, -0.2) is 9.37 Å². The number of fused-ring (bicyclic) bond motifs is 2. The Kier molecular flexibility index (Phi) is 6.74. The molecule has 0 aliphatic carbocycles. The van der Waals surface area contributed by atoms with E-state index in [1.807, 2.05) is 0 Å². The number of hydrogen-bond acceptors (Lipinski definition) is 7. The van der Waals surface area contributed by atoms with Crippen molar-refractivity contribution in [3.05, 3.63) is 54.0 Å². The maximum atomic E-state index is 14.3. The van der Waals surface area contributed by atoms with Crippen LogP contribution in [0.5, 0.6) is 5.75 Å². The molecule has 0 saturated carbocycles. The van der Waals surface area contributed by atoms with Crippen molar-refractivity contribution in [2.75, 3.05) is 26.8 Å². The number of likely N-dealkylation sites (tertiary alicyclic amines) is 1. The Bertz CT molecular complexity index is 1470.